The summed E-state index contributed by atoms with van der Waals surface area (Å²) in [4.78, 5) is 0. The van der Waals surface area contributed by atoms with E-state index in [9.17, 15) is 8.42 Å². The molecule has 3 rings (SSSR count). The van der Waals surface area contributed by atoms with Crippen LogP contribution in [0.4, 0.5) is 0 Å². The van der Waals surface area contributed by atoms with Gasteiger partial charge in [0.1, 0.15) is 0 Å². The van der Waals surface area contributed by atoms with Gasteiger partial charge in [0, 0.05) is 24.6 Å². The van der Waals surface area contributed by atoms with E-state index >= 15 is 0 Å². The zero-order valence-electron chi connectivity index (χ0n) is 14.0. The molecule has 6 heteroatoms. The van der Waals surface area contributed by atoms with E-state index in [2.05, 4.69) is 9.88 Å². The highest BCUT2D eigenvalue weighted by Crippen LogP contribution is 2.19. The second-order valence-electron chi connectivity index (χ2n) is 5.94. The van der Waals surface area contributed by atoms with Gasteiger partial charge in [-0.1, -0.05) is 65.3 Å². The van der Waals surface area contributed by atoms with Crippen molar-refractivity contribution >= 4 is 10.0 Å². The minimum atomic E-state index is -3.37. The third-order valence-electron chi connectivity index (χ3n) is 3.80. The summed E-state index contributed by atoms with van der Waals surface area (Å²) < 4.78 is 32.2. The molecule has 0 radical (unpaired) electrons. The number of hydrogen-bond donors (Lipinski definition) is 1. The summed E-state index contributed by atoms with van der Waals surface area (Å²) in [6.45, 7) is 2.26. The van der Waals surface area contributed by atoms with Crippen LogP contribution in [0.3, 0.4) is 0 Å². The molecule has 0 bridgehead atoms. The molecule has 0 saturated heterocycles. The van der Waals surface area contributed by atoms with Crippen molar-refractivity contribution in [1.82, 2.24) is 9.88 Å². The van der Waals surface area contributed by atoms with Crippen LogP contribution in [0, 0.1) is 6.92 Å². The number of sulfonamides is 1. The van der Waals surface area contributed by atoms with E-state index in [0.29, 0.717) is 12.2 Å². The molecule has 2 aromatic carbocycles. The Morgan fingerprint density at radius 3 is 2.48 bits per heavy atom. The highest BCUT2D eigenvalue weighted by atomic mass is 32.2. The van der Waals surface area contributed by atoms with Gasteiger partial charge in [0.05, 0.1) is 11.4 Å². The van der Waals surface area contributed by atoms with Gasteiger partial charge in [0.25, 0.3) is 0 Å². The van der Waals surface area contributed by atoms with Gasteiger partial charge in [-0.2, -0.15) is 0 Å². The quantitative estimate of drug-likeness (QED) is 0.705. The van der Waals surface area contributed by atoms with E-state index in [-0.39, 0.29) is 12.3 Å². The summed E-state index contributed by atoms with van der Waals surface area (Å²) in [7, 11) is -3.37. The molecule has 130 valence electrons. The molecule has 0 fully saturated rings. The zero-order valence-corrected chi connectivity index (χ0v) is 14.8. The van der Waals surface area contributed by atoms with Crippen LogP contribution in [-0.2, 0) is 22.2 Å². The number of hydrogen-bond acceptors (Lipinski definition) is 4. The molecule has 5 nitrogen and oxygen atoms in total. The Morgan fingerprint density at radius 2 is 1.76 bits per heavy atom. The van der Waals surface area contributed by atoms with E-state index in [1.807, 2.05) is 67.6 Å². The van der Waals surface area contributed by atoms with Gasteiger partial charge in [-0.15, -0.1) is 0 Å². The van der Waals surface area contributed by atoms with Crippen molar-refractivity contribution in [1.29, 1.82) is 0 Å². The van der Waals surface area contributed by atoms with E-state index in [4.69, 9.17) is 4.52 Å². The highest BCUT2D eigenvalue weighted by Gasteiger charge is 2.12. The Labute approximate surface area is 147 Å². The molecule has 1 heterocycles. The van der Waals surface area contributed by atoms with Crippen LogP contribution >= 0.6 is 0 Å². The van der Waals surface area contributed by atoms with Crippen molar-refractivity contribution in [3.05, 3.63) is 77.5 Å². The van der Waals surface area contributed by atoms with Crippen LogP contribution in [0.2, 0.25) is 0 Å². The largest absolute Gasteiger partial charge is 0.356 e. The lowest BCUT2D eigenvalue weighted by molar-refractivity contribution is 0.423. The van der Waals surface area contributed by atoms with Crippen molar-refractivity contribution in [2.45, 2.75) is 19.1 Å². The van der Waals surface area contributed by atoms with Crippen molar-refractivity contribution < 1.29 is 12.9 Å². The Kier molecular flexibility index (Phi) is 5.31. The van der Waals surface area contributed by atoms with Gasteiger partial charge < -0.3 is 4.52 Å². The summed E-state index contributed by atoms with van der Waals surface area (Å²) >= 11 is 0. The minimum Gasteiger partial charge on any atom is -0.356 e. The number of aromatic nitrogens is 1. The van der Waals surface area contributed by atoms with Crippen LogP contribution in [0.1, 0.15) is 16.8 Å². The highest BCUT2D eigenvalue weighted by molar-refractivity contribution is 7.88. The van der Waals surface area contributed by atoms with E-state index in [1.54, 1.807) is 0 Å². The van der Waals surface area contributed by atoms with Crippen molar-refractivity contribution in [2.24, 2.45) is 0 Å². The predicted molar refractivity (Wildman–Crippen MR) is 97.4 cm³/mol. The summed E-state index contributed by atoms with van der Waals surface area (Å²) in [5, 5.41) is 4.00. The van der Waals surface area contributed by atoms with Crippen molar-refractivity contribution in [3.63, 3.8) is 0 Å². The van der Waals surface area contributed by atoms with Crippen LogP contribution in [0.5, 0.6) is 0 Å². The maximum absolute atomic E-state index is 12.1. The molecule has 0 amide bonds. The third kappa shape index (κ3) is 5.01. The first-order valence-corrected chi connectivity index (χ1v) is 9.71. The summed E-state index contributed by atoms with van der Waals surface area (Å²) in [6.07, 6.45) is 0.476. The summed E-state index contributed by atoms with van der Waals surface area (Å²) in [5.74, 6) is 0.652. The first kappa shape index (κ1) is 17.4. The van der Waals surface area contributed by atoms with Gasteiger partial charge in [-0.3, -0.25) is 0 Å². The van der Waals surface area contributed by atoms with E-state index in [1.165, 1.54) is 0 Å². The smallest absolute Gasteiger partial charge is 0.215 e. The number of nitrogens with one attached hydrogen (secondary N) is 1. The molecule has 0 atom stereocenters. The topological polar surface area (TPSA) is 72.2 Å². The monoisotopic (exact) mass is 356 g/mol. The maximum atomic E-state index is 12.1. The fraction of sp³-hybridized carbons (Fsp3) is 0.211. The maximum Gasteiger partial charge on any atom is 0.215 e. The predicted octanol–water partition coefficient (Wildman–Crippen LogP) is 3.31. The normalized spacial score (nSPS) is 11.6. The molecule has 0 aliphatic carbocycles. The van der Waals surface area contributed by atoms with Crippen LogP contribution in [0.15, 0.2) is 65.2 Å². The number of benzene rings is 2. The molecular weight excluding hydrogens is 336 g/mol. The van der Waals surface area contributed by atoms with Gasteiger partial charge in [-0.25, -0.2) is 13.1 Å². The average Bonchev–Trinajstić information content (AvgIpc) is 3.06. The molecule has 0 aliphatic heterocycles. The Morgan fingerprint density at radius 1 is 1.04 bits per heavy atom. The summed E-state index contributed by atoms with van der Waals surface area (Å²) in [5.41, 5.74) is 3.54. The SMILES string of the molecule is Cc1ccc(CS(=O)(=O)NCCc2cc(-c3ccccc3)on2)cc1. The van der Waals surface area contributed by atoms with E-state index in [0.717, 1.165) is 22.4 Å². The molecule has 0 unspecified atom stereocenters. The second kappa shape index (κ2) is 7.63. The Bertz CT molecular complexity index is 917. The molecule has 1 aromatic heterocycles. The summed E-state index contributed by atoms with van der Waals surface area (Å²) in [6, 6.07) is 19.0. The second-order valence-corrected chi connectivity index (χ2v) is 7.74. The molecule has 1 N–H and O–H groups in total. The number of nitrogens with zero attached hydrogens (tertiary/aromatic N) is 1. The fourth-order valence-electron chi connectivity index (χ4n) is 2.46. The standard InChI is InChI=1S/C19H20N2O3S/c1-15-7-9-16(10-8-15)14-25(22,23)20-12-11-18-13-19(24-21-18)17-5-3-2-4-6-17/h2-10,13,20H,11-12,14H2,1H3. The number of rotatable bonds is 7. The molecule has 3 aromatic rings. The fourth-order valence-corrected chi connectivity index (χ4v) is 3.60. The lowest BCUT2D eigenvalue weighted by Crippen LogP contribution is -2.27. The van der Waals surface area contributed by atoms with Crippen molar-refractivity contribution in [2.75, 3.05) is 6.54 Å². The Hall–Kier alpha value is -2.44. The van der Waals surface area contributed by atoms with Crippen molar-refractivity contribution in [3.8, 4) is 11.3 Å². The zero-order chi connectivity index (χ0) is 17.7. The molecule has 0 saturated carbocycles. The van der Waals surface area contributed by atoms with Gasteiger partial charge in [0.15, 0.2) is 5.76 Å². The van der Waals surface area contributed by atoms with Crippen LogP contribution < -0.4 is 4.72 Å². The molecule has 0 spiro atoms. The lowest BCUT2D eigenvalue weighted by Gasteiger charge is -2.06. The lowest BCUT2D eigenvalue weighted by atomic mass is 10.1. The Balaban J connectivity index is 1.54. The van der Waals surface area contributed by atoms with Gasteiger partial charge in [-0.05, 0) is 12.5 Å². The first-order chi connectivity index (χ1) is 12.0. The molecule has 25 heavy (non-hydrogen) atoms. The number of aryl methyl sites for hydroxylation is 1. The van der Waals surface area contributed by atoms with Gasteiger partial charge >= 0.3 is 0 Å². The van der Waals surface area contributed by atoms with Crippen LogP contribution in [-0.4, -0.2) is 20.1 Å². The first-order valence-electron chi connectivity index (χ1n) is 8.06. The molecular formula is C19H20N2O3S. The van der Waals surface area contributed by atoms with Crippen LogP contribution in [0.25, 0.3) is 11.3 Å². The van der Waals surface area contributed by atoms with Gasteiger partial charge in [0.2, 0.25) is 10.0 Å². The molecule has 0 aliphatic rings. The average molecular weight is 356 g/mol. The van der Waals surface area contributed by atoms with E-state index < -0.39 is 10.0 Å². The minimum absolute atomic E-state index is 0.0264. The third-order valence-corrected chi connectivity index (χ3v) is 5.15.